The van der Waals surface area contributed by atoms with E-state index in [0.717, 1.165) is 16.9 Å². The number of aliphatic hydroxyl groups excluding tert-OH is 3. The van der Waals surface area contributed by atoms with Crippen LogP contribution in [0.3, 0.4) is 0 Å². The highest BCUT2D eigenvalue weighted by Gasteiger charge is 2.48. The lowest BCUT2D eigenvalue weighted by Crippen LogP contribution is -2.58. The molecule has 3 rings (SSSR count). The molecule has 1 aliphatic heterocycles. The first-order chi connectivity index (χ1) is 13.2. The van der Waals surface area contributed by atoms with Crippen LogP contribution in [0.2, 0.25) is 5.02 Å². The molecule has 0 bridgehead atoms. The summed E-state index contributed by atoms with van der Waals surface area (Å²) < 4.78 is 11.4. The van der Waals surface area contributed by atoms with Crippen molar-refractivity contribution >= 4 is 11.6 Å². The first kappa shape index (κ1) is 21.1. The van der Waals surface area contributed by atoms with Crippen LogP contribution in [0, 0.1) is 0 Å². The monoisotopic (exact) mass is 406 g/mol. The summed E-state index contributed by atoms with van der Waals surface area (Å²) in [6.07, 6.45) is -3.85. The molecule has 0 aromatic heterocycles. The van der Waals surface area contributed by atoms with Crippen molar-refractivity contribution in [2.75, 3.05) is 6.61 Å². The molecule has 0 spiro atoms. The van der Waals surface area contributed by atoms with E-state index in [1.807, 2.05) is 37.3 Å². The largest absolute Gasteiger partial charge is 0.494 e. The Bertz CT molecular complexity index is 805. The van der Waals surface area contributed by atoms with Crippen LogP contribution in [0.15, 0.2) is 42.5 Å². The zero-order valence-electron chi connectivity index (χ0n) is 16.3. The maximum Gasteiger partial charge on any atom is 0.119 e. The van der Waals surface area contributed by atoms with Crippen LogP contribution in [0.1, 0.15) is 43.6 Å². The smallest absolute Gasteiger partial charge is 0.119 e. The Hall–Kier alpha value is -1.63. The number of aliphatic hydroxyl groups is 3. The number of halogens is 1. The molecule has 1 heterocycles. The Labute approximate surface area is 170 Å². The molecule has 1 aliphatic rings. The molecule has 0 amide bonds. The van der Waals surface area contributed by atoms with Gasteiger partial charge < -0.3 is 24.8 Å². The van der Waals surface area contributed by atoms with Crippen molar-refractivity contribution in [2.45, 2.75) is 57.2 Å². The van der Waals surface area contributed by atoms with Crippen molar-refractivity contribution < 1.29 is 24.8 Å². The van der Waals surface area contributed by atoms with E-state index < -0.39 is 30.0 Å². The SMILES string of the molecule is CCOc1ccc(Cc2cc(C3OC(C)(C)C(O)C(O)C3O)ccc2Cl)cc1. The zero-order valence-corrected chi connectivity index (χ0v) is 17.1. The molecule has 4 unspecified atom stereocenters. The number of hydrogen-bond acceptors (Lipinski definition) is 5. The summed E-state index contributed by atoms with van der Waals surface area (Å²) in [5, 5.41) is 31.4. The van der Waals surface area contributed by atoms with Gasteiger partial charge in [-0.25, -0.2) is 0 Å². The predicted molar refractivity (Wildman–Crippen MR) is 108 cm³/mol. The summed E-state index contributed by atoms with van der Waals surface area (Å²) >= 11 is 6.39. The molecule has 2 aromatic carbocycles. The van der Waals surface area contributed by atoms with Crippen LogP contribution in [0.4, 0.5) is 0 Å². The second-order valence-corrected chi connectivity index (χ2v) is 8.08. The molecule has 4 atom stereocenters. The Balaban J connectivity index is 1.85. The second-order valence-electron chi connectivity index (χ2n) is 7.67. The Morgan fingerprint density at radius 1 is 1.04 bits per heavy atom. The van der Waals surface area contributed by atoms with Crippen molar-refractivity contribution in [1.29, 1.82) is 0 Å². The van der Waals surface area contributed by atoms with E-state index in [1.165, 1.54) is 0 Å². The molecule has 6 heteroatoms. The highest BCUT2D eigenvalue weighted by atomic mass is 35.5. The Morgan fingerprint density at radius 3 is 2.36 bits per heavy atom. The van der Waals surface area contributed by atoms with Gasteiger partial charge in [-0.2, -0.15) is 0 Å². The fourth-order valence-corrected chi connectivity index (χ4v) is 3.69. The average Bonchev–Trinajstić information content (AvgIpc) is 2.67. The van der Waals surface area contributed by atoms with Gasteiger partial charge in [0, 0.05) is 5.02 Å². The van der Waals surface area contributed by atoms with E-state index in [4.69, 9.17) is 21.1 Å². The molecule has 1 saturated heterocycles. The lowest BCUT2D eigenvalue weighted by atomic mass is 9.85. The van der Waals surface area contributed by atoms with Gasteiger partial charge in [0.1, 0.15) is 30.2 Å². The molecule has 0 saturated carbocycles. The number of benzene rings is 2. The van der Waals surface area contributed by atoms with E-state index in [-0.39, 0.29) is 0 Å². The maximum absolute atomic E-state index is 10.4. The van der Waals surface area contributed by atoms with Crippen LogP contribution in [-0.2, 0) is 11.2 Å². The van der Waals surface area contributed by atoms with E-state index in [2.05, 4.69) is 0 Å². The summed E-state index contributed by atoms with van der Waals surface area (Å²) in [5.41, 5.74) is 1.68. The van der Waals surface area contributed by atoms with Gasteiger partial charge in [-0.05, 0) is 62.1 Å². The maximum atomic E-state index is 10.4. The van der Waals surface area contributed by atoms with Crippen molar-refractivity contribution in [3.8, 4) is 5.75 Å². The standard InChI is InChI=1S/C22H27ClO5/c1-4-27-16-8-5-13(6-9-16)11-15-12-14(7-10-17(15)23)20-18(24)19(25)21(26)22(2,3)28-20/h5-10,12,18-21,24-26H,4,11H2,1-3H3. The van der Waals surface area contributed by atoms with E-state index in [1.54, 1.807) is 26.0 Å². The van der Waals surface area contributed by atoms with Crippen LogP contribution in [0.25, 0.3) is 0 Å². The molecule has 152 valence electrons. The molecule has 3 N–H and O–H groups in total. The minimum atomic E-state index is -1.29. The first-order valence-corrected chi connectivity index (χ1v) is 9.83. The van der Waals surface area contributed by atoms with E-state index in [9.17, 15) is 15.3 Å². The van der Waals surface area contributed by atoms with Crippen molar-refractivity contribution in [1.82, 2.24) is 0 Å². The van der Waals surface area contributed by atoms with Crippen LogP contribution >= 0.6 is 11.6 Å². The summed E-state index contributed by atoms with van der Waals surface area (Å²) in [5.74, 6) is 0.819. The zero-order chi connectivity index (χ0) is 20.5. The van der Waals surface area contributed by atoms with Crippen molar-refractivity contribution in [2.24, 2.45) is 0 Å². The highest BCUT2D eigenvalue weighted by Crippen LogP contribution is 2.38. The van der Waals surface area contributed by atoms with Crippen molar-refractivity contribution in [3.63, 3.8) is 0 Å². The van der Waals surface area contributed by atoms with E-state index in [0.29, 0.717) is 23.6 Å². The minimum Gasteiger partial charge on any atom is -0.494 e. The summed E-state index contributed by atoms with van der Waals surface area (Å²) in [6, 6.07) is 13.2. The molecular weight excluding hydrogens is 380 g/mol. The van der Waals surface area contributed by atoms with Gasteiger partial charge in [0.25, 0.3) is 0 Å². The third kappa shape index (κ3) is 4.34. The van der Waals surface area contributed by atoms with E-state index >= 15 is 0 Å². The van der Waals surface area contributed by atoms with Crippen LogP contribution in [-0.4, -0.2) is 45.8 Å². The van der Waals surface area contributed by atoms with Gasteiger partial charge in [-0.1, -0.05) is 35.9 Å². The van der Waals surface area contributed by atoms with Gasteiger partial charge >= 0.3 is 0 Å². The third-order valence-corrected chi connectivity index (χ3v) is 5.52. The lowest BCUT2D eigenvalue weighted by molar-refractivity contribution is -0.259. The number of rotatable bonds is 5. The second kappa shape index (κ2) is 8.39. The molecule has 0 radical (unpaired) electrons. The van der Waals surface area contributed by atoms with Gasteiger partial charge in [0.05, 0.1) is 12.2 Å². The normalized spacial score (nSPS) is 26.8. The van der Waals surface area contributed by atoms with Gasteiger partial charge in [0.15, 0.2) is 0 Å². The average molecular weight is 407 g/mol. The predicted octanol–water partition coefficient (Wildman–Crippen LogP) is 3.26. The fourth-order valence-electron chi connectivity index (χ4n) is 3.51. The Morgan fingerprint density at radius 2 is 1.71 bits per heavy atom. The minimum absolute atomic E-state index is 0.608. The van der Waals surface area contributed by atoms with Crippen molar-refractivity contribution in [3.05, 3.63) is 64.2 Å². The van der Waals surface area contributed by atoms with Gasteiger partial charge in [0.2, 0.25) is 0 Å². The fraction of sp³-hybridized carbons (Fsp3) is 0.455. The first-order valence-electron chi connectivity index (χ1n) is 9.45. The highest BCUT2D eigenvalue weighted by molar-refractivity contribution is 6.31. The topological polar surface area (TPSA) is 79.2 Å². The summed E-state index contributed by atoms with van der Waals surface area (Å²) in [4.78, 5) is 0. The number of ether oxygens (including phenoxy) is 2. The molecule has 28 heavy (non-hydrogen) atoms. The van der Waals surface area contributed by atoms with Gasteiger partial charge in [-0.15, -0.1) is 0 Å². The molecule has 2 aromatic rings. The molecular formula is C22H27ClO5. The Kier molecular flexibility index (Phi) is 6.32. The lowest BCUT2D eigenvalue weighted by Gasteiger charge is -2.45. The van der Waals surface area contributed by atoms with Crippen LogP contribution in [0.5, 0.6) is 5.75 Å². The van der Waals surface area contributed by atoms with Crippen LogP contribution < -0.4 is 4.74 Å². The quantitative estimate of drug-likeness (QED) is 0.710. The summed E-state index contributed by atoms with van der Waals surface area (Å²) in [7, 11) is 0. The molecule has 0 aliphatic carbocycles. The third-order valence-electron chi connectivity index (χ3n) is 5.15. The molecule has 1 fully saturated rings. The van der Waals surface area contributed by atoms with Gasteiger partial charge in [-0.3, -0.25) is 0 Å². The summed E-state index contributed by atoms with van der Waals surface area (Å²) in [6.45, 7) is 5.94. The molecule has 5 nitrogen and oxygen atoms in total. The number of hydrogen-bond donors (Lipinski definition) is 3.